The largest absolute Gasteiger partial charge is 0.378 e. The highest BCUT2D eigenvalue weighted by molar-refractivity contribution is 6.99. The van der Waals surface area contributed by atoms with Crippen molar-refractivity contribution in [3.63, 3.8) is 0 Å². The lowest BCUT2D eigenvalue weighted by Crippen LogP contribution is -2.21. The highest BCUT2D eigenvalue weighted by Crippen LogP contribution is 2.28. The van der Waals surface area contributed by atoms with Gasteiger partial charge in [0.15, 0.2) is 11.9 Å². The topological polar surface area (TPSA) is 161 Å². The second-order valence-electron chi connectivity index (χ2n) is 5.51. The fourth-order valence-electron chi connectivity index (χ4n) is 2.32. The second-order valence-corrected chi connectivity index (χ2v) is 6.03. The molecule has 1 aromatic heterocycles. The summed E-state index contributed by atoms with van der Waals surface area (Å²) in [6.07, 6.45) is -1.58. The van der Waals surface area contributed by atoms with Crippen LogP contribution < -0.4 is 5.32 Å². The molecule has 3 rings (SSSR count). The SMILES string of the molecule is O=C(Nc1nsnc1-c1ccc([N+](=O)[O-])cc1)C(O)c1ccc([N+](=O)[O-])cc1. The van der Waals surface area contributed by atoms with Gasteiger partial charge in [-0.1, -0.05) is 0 Å². The van der Waals surface area contributed by atoms with Gasteiger partial charge in [-0.3, -0.25) is 25.0 Å². The van der Waals surface area contributed by atoms with Gasteiger partial charge in [-0.05, 0) is 29.8 Å². The molecule has 142 valence electrons. The van der Waals surface area contributed by atoms with Gasteiger partial charge in [0.1, 0.15) is 5.69 Å². The molecule has 0 spiro atoms. The van der Waals surface area contributed by atoms with E-state index >= 15 is 0 Å². The molecule has 2 N–H and O–H groups in total. The van der Waals surface area contributed by atoms with E-state index in [1.165, 1.54) is 48.5 Å². The third-order valence-corrected chi connectivity index (χ3v) is 4.28. The van der Waals surface area contributed by atoms with E-state index < -0.39 is 21.9 Å². The van der Waals surface area contributed by atoms with E-state index in [0.29, 0.717) is 11.3 Å². The number of amides is 1. The van der Waals surface area contributed by atoms with Gasteiger partial charge in [-0.15, -0.1) is 0 Å². The zero-order valence-corrected chi connectivity index (χ0v) is 14.7. The molecule has 0 aliphatic heterocycles. The molecular formula is C16H11N5O6S. The van der Waals surface area contributed by atoms with E-state index in [1.807, 2.05) is 0 Å². The summed E-state index contributed by atoms with van der Waals surface area (Å²) in [5.74, 6) is -0.713. The van der Waals surface area contributed by atoms with Crippen LogP contribution in [0.15, 0.2) is 48.5 Å². The van der Waals surface area contributed by atoms with Gasteiger partial charge in [-0.25, -0.2) is 0 Å². The number of carbonyl (C=O) groups is 1. The van der Waals surface area contributed by atoms with Crippen LogP contribution in [-0.2, 0) is 4.79 Å². The van der Waals surface area contributed by atoms with Crippen molar-refractivity contribution in [2.75, 3.05) is 5.32 Å². The standard InChI is InChI=1S/C16H11N5O6S/c22-14(10-3-7-12(8-4-10)21(26)27)16(23)17-15-13(18-28-19-15)9-1-5-11(6-2-9)20(24)25/h1-8,14,22H,(H,17,19,23). The van der Waals surface area contributed by atoms with Gasteiger partial charge in [0.25, 0.3) is 17.3 Å². The lowest BCUT2D eigenvalue weighted by Gasteiger charge is -2.11. The molecule has 1 amide bonds. The van der Waals surface area contributed by atoms with Gasteiger partial charge in [0, 0.05) is 29.8 Å². The number of non-ortho nitro benzene ring substituents is 2. The van der Waals surface area contributed by atoms with Crippen molar-refractivity contribution < 1.29 is 19.7 Å². The molecule has 1 unspecified atom stereocenters. The smallest absolute Gasteiger partial charge is 0.269 e. The Balaban J connectivity index is 1.77. The van der Waals surface area contributed by atoms with Gasteiger partial charge in [0.05, 0.1) is 21.6 Å². The predicted molar refractivity (Wildman–Crippen MR) is 98.7 cm³/mol. The summed E-state index contributed by atoms with van der Waals surface area (Å²) in [5.41, 5.74) is 0.707. The first-order valence-corrected chi connectivity index (χ1v) is 8.40. The number of nitro benzene ring substituents is 2. The summed E-state index contributed by atoms with van der Waals surface area (Å²) < 4.78 is 8.03. The van der Waals surface area contributed by atoms with E-state index in [4.69, 9.17) is 0 Å². The Bertz CT molecular complexity index is 1030. The number of nitrogens with zero attached hydrogens (tertiary/aromatic N) is 4. The Morgan fingerprint density at radius 1 is 0.964 bits per heavy atom. The number of anilines is 1. The lowest BCUT2D eigenvalue weighted by atomic mass is 10.1. The third-order valence-electron chi connectivity index (χ3n) is 3.75. The van der Waals surface area contributed by atoms with Gasteiger partial charge < -0.3 is 10.4 Å². The van der Waals surface area contributed by atoms with Crippen LogP contribution in [-0.4, -0.2) is 29.6 Å². The quantitative estimate of drug-likeness (QED) is 0.470. The summed E-state index contributed by atoms with van der Waals surface area (Å²) in [7, 11) is 0. The van der Waals surface area contributed by atoms with Crippen LogP contribution in [0.3, 0.4) is 0 Å². The summed E-state index contributed by atoms with van der Waals surface area (Å²) in [6.45, 7) is 0. The number of aliphatic hydroxyl groups is 1. The molecule has 28 heavy (non-hydrogen) atoms. The van der Waals surface area contributed by atoms with Crippen LogP contribution in [0.2, 0.25) is 0 Å². The van der Waals surface area contributed by atoms with Crippen LogP contribution in [0.1, 0.15) is 11.7 Å². The Morgan fingerprint density at radius 2 is 1.50 bits per heavy atom. The molecule has 0 saturated carbocycles. The van der Waals surface area contributed by atoms with Gasteiger partial charge in [-0.2, -0.15) is 8.75 Å². The fraction of sp³-hybridized carbons (Fsp3) is 0.0625. The average molecular weight is 401 g/mol. The molecule has 3 aromatic rings. The highest BCUT2D eigenvalue weighted by atomic mass is 32.1. The number of hydrogen-bond acceptors (Lipinski definition) is 9. The Labute approximate surface area is 160 Å². The monoisotopic (exact) mass is 401 g/mol. The van der Waals surface area contributed by atoms with Crippen molar-refractivity contribution in [1.82, 2.24) is 8.75 Å². The first-order chi connectivity index (χ1) is 13.4. The van der Waals surface area contributed by atoms with Gasteiger partial charge >= 0.3 is 0 Å². The van der Waals surface area contributed by atoms with Crippen molar-refractivity contribution in [2.24, 2.45) is 0 Å². The maximum Gasteiger partial charge on any atom is 0.269 e. The molecule has 12 heteroatoms. The molecular weight excluding hydrogens is 390 g/mol. The summed E-state index contributed by atoms with van der Waals surface area (Å²) in [6, 6.07) is 10.4. The van der Waals surface area contributed by atoms with Crippen molar-refractivity contribution in [2.45, 2.75) is 6.10 Å². The molecule has 0 bridgehead atoms. The Morgan fingerprint density at radius 3 is 2.04 bits per heavy atom. The summed E-state index contributed by atoms with van der Waals surface area (Å²) >= 11 is 0.821. The van der Waals surface area contributed by atoms with Crippen molar-refractivity contribution in [3.8, 4) is 11.3 Å². The van der Waals surface area contributed by atoms with Crippen molar-refractivity contribution in [1.29, 1.82) is 0 Å². The minimum absolute atomic E-state index is 0.0878. The van der Waals surface area contributed by atoms with E-state index in [9.17, 15) is 30.1 Å². The van der Waals surface area contributed by atoms with E-state index in [-0.39, 0.29) is 22.8 Å². The number of carbonyl (C=O) groups excluding carboxylic acids is 1. The average Bonchev–Trinajstić information content (AvgIpc) is 3.15. The maximum atomic E-state index is 12.3. The van der Waals surface area contributed by atoms with Crippen LogP contribution in [0.25, 0.3) is 11.3 Å². The molecule has 0 fully saturated rings. The number of hydrogen-bond donors (Lipinski definition) is 2. The Hall–Kier alpha value is -3.77. The first-order valence-electron chi connectivity index (χ1n) is 7.67. The molecule has 0 radical (unpaired) electrons. The normalized spacial score (nSPS) is 11.6. The maximum absolute atomic E-state index is 12.3. The van der Waals surface area contributed by atoms with Gasteiger partial charge in [0.2, 0.25) is 0 Å². The van der Waals surface area contributed by atoms with Crippen LogP contribution in [0, 0.1) is 20.2 Å². The number of aliphatic hydroxyl groups excluding tert-OH is 1. The Kier molecular flexibility index (Phi) is 5.33. The summed E-state index contributed by atoms with van der Waals surface area (Å²) in [4.78, 5) is 32.6. The predicted octanol–water partition coefficient (Wildman–Crippen LogP) is 2.69. The molecule has 2 aromatic carbocycles. The minimum Gasteiger partial charge on any atom is -0.378 e. The zero-order chi connectivity index (χ0) is 20.3. The lowest BCUT2D eigenvalue weighted by molar-refractivity contribution is -0.385. The number of benzene rings is 2. The zero-order valence-electron chi connectivity index (χ0n) is 13.9. The molecule has 1 heterocycles. The number of nitrogens with one attached hydrogen (secondary N) is 1. The minimum atomic E-state index is -1.58. The van der Waals surface area contributed by atoms with Crippen LogP contribution in [0.5, 0.6) is 0 Å². The van der Waals surface area contributed by atoms with E-state index in [1.54, 1.807) is 0 Å². The van der Waals surface area contributed by atoms with Crippen LogP contribution in [0.4, 0.5) is 17.2 Å². The molecule has 1 atom stereocenters. The van der Waals surface area contributed by atoms with Crippen molar-refractivity contribution >= 4 is 34.8 Å². The fourth-order valence-corrected chi connectivity index (χ4v) is 2.84. The third kappa shape index (κ3) is 3.97. The van der Waals surface area contributed by atoms with Crippen molar-refractivity contribution in [3.05, 3.63) is 74.3 Å². The van der Waals surface area contributed by atoms with Crippen LogP contribution >= 0.6 is 11.7 Å². The molecule has 0 aliphatic carbocycles. The van der Waals surface area contributed by atoms with E-state index in [0.717, 1.165) is 11.7 Å². The number of rotatable bonds is 6. The molecule has 11 nitrogen and oxygen atoms in total. The number of aromatic nitrogens is 2. The number of nitro groups is 2. The summed E-state index contributed by atoms with van der Waals surface area (Å²) in [5, 5.41) is 34.0. The van der Waals surface area contributed by atoms with E-state index in [2.05, 4.69) is 14.1 Å². The second kappa shape index (κ2) is 7.85. The molecule has 0 aliphatic rings. The highest BCUT2D eigenvalue weighted by Gasteiger charge is 2.22. The first kappa shape index (κ1) is 19.0. The molecule has 0 saturated heterocycles.